The minimum Gasteiger partial charge on any atom is -0.390 e. The smallest absolute Gasteiger partial charge is 0.390 e. The van der Waals surface area contributed by atoms with Gasteiger partial charge in [-0.25, -0.2) is 8.42 Å². The van der Waals surface area contributed by atoms with Crippen molar-refractivity contribution in [2.24, 2.45) is 0 Å². The monoisotopic (exact) mass is 500 g/mol. The Labute approximate surface area is 188 Å². The van der Waals surface area contributed by atoms with E-state index in [0.717, 1.165) is 46.5 Å². The van der Waals surface area contributed by atoms with Crippen molar-refractivity contribution in [2.45, 2.75) is 18.3 Å². The standard InChI is InChI=1S/C19H15F3N4O5S2/c20-19(21,22)11-3-1-10(2-4-11)14-5-13(18(29)26(25-14)12-6-23-32-7-12)17(28)24-15-8-33(30,31)9-16(15)27/h1-7,15-16,27H,8-9H2,(H,24,28)/t15-,16+/m1/s1. The Kier molecular flexibility index (Phi) is 5.84. The number of alkyl halides is 3. The number of aromatic nitrogens is 3. The van der Waals surface area contributed by atoms with Gasteiger partial charge in [0, 0.05) is 10.9 Å². The maximum atomic E-state index is 12.9. The first-order valence-corrected chi connectivity index (χ1v) is 12.0. The van der Waals surface area contributed by atoms with Gasteiger partial charge >= 0.3 is 6.18 Å². The van der Waals surface area contributed by atoms with Gasteiger partial charge in [-0.05, 0) is 29.7 Å². The van der Waals surface area contributed by atoms with Gasteiger partial charge in [0.1, 0.15) is 5.56 Å². The number of hydrogen-bond donors (Lipinski definition) is 2. The van der Waals surface area contributed by atoms with E-state index in [2.05, 4.69) is 14.8 Å². The zero-order chi connectivity index (χ0) is 24.0. The molecule has 1 saturated heterocycles. The van der Waals surface area contributed by atoms with Gasteiger partial charge < -0.3 is 10.4 Å². The Morgan fingerprint density at radius 2 is 1.91 bits per heavy atom. The highest BCUT2D eigenvalue weighted by atomic mass is 32.2. The molecule has 14 heteroatoms. The first-order valence-electron chi connectivity index (χ1n) is 9.36. The number of nitrogens with zero attached hydrogens (tertiary/aromatic N) is 3. The van der Waals surface area contributed by atoms with Crippen molar-refractivity contribution in [3.05, 3.63) is 63.4 Å². The molecule has 1 aliphatic rings. The van der Waals surface area contributed by atoms with Gasteiger partial charge in [-0.15, -0.1) is 0 Å². The summed E-state index contributed by atoms with van der Waals surface area (Å²) in [6.07, 6.45) is -4.55. The summed E-state index contributed by atoms with van der Waals surface area (Å²) >= 11 is 1.01. The molecular formula is C19H15F3N4O5S2. The van der Waals surface area contributed by atoms with Crippen LogP contribution in [0.2, 0.25) is 0 Å². The molecule has 2 atom stereocenters. The van der Waals surface area contributed by atoms with Crippen LogP contribution >= 0.6 is 11.5 Å². The van der Waals surface area contributed by atoms with Gasteiger partial charge in [-0.2, -0.15) is 27.3 Å². The summed E-state index contributed by atoms with van der Waals surface area (Å²) in [5.41, 5.74) is -1.69. The van der Waals surface area contributed by atoms with Crippen LogP contribution in [0, 0.1) is 0 Å². The van der Waals surface area contributed by atoms with Crippen molar-refractivity contribution in [3.63, 3.8) is 0 Å². The third-order valence-electron chi connectivity index (χ3n) is 4.97. The maximum absolute atomic E-state index is 12.9. The van der Waals surface area contributed by atoms with Crippen molar-refractivity contribution >= 4 is 27.3 Å². The zero-order valence-electron chi connectivity index (χ0n) is 16.5. The first-order chi connectivity index (χ1) is 15.4. The highest BCUT2D eigenvalue weighted by Crippen LogP contribution is 2.30. The second-order valence-corrected chi connectivity index (χ2v) is 10.2. The summed E-state index contributed by atoms with van der Waals surface area (Å²) in [7, 11) is -3.55. The average Bonchev–Trinajstić information content (AvgIpc) is 3.35. The number of carbonyl (C=O) groups is 1. The van der Waals surface area contributed by atoms with Gasteiger partial charge in [0.2, 0.25) is 0 Å². The van der Waals surface area contributed by atoms with Gasteiger partial charge in [0.15, 0.2) is 9.84 Å². The van der Waals surface area contributed by atoms with Crippen molar-refractivity contribution < 1.29 is 31.5 Å². The second-order valence-electron chi connectivity index (χ2n) is 7.34. The van der Waals surface area contributed by atoms with Crippen molar-refractivity contribution in [1.82, 2.24) is 19.5 Å². The molecule has 9 nitrogen and oxygen atoms in total. The molecule has 1 fully saturated rings. The second kappa shape index (κ2) is 8.35. The van der Waals surface area contributed by atoms with Crippen LogP contribution in [0.4, 0.5) is 13.2 Å². The van der Waals surface area contributed by atoms with Crippen LogP contribution in [0.25, 0.3) is 16.9 Å². The Morgan fingerprint density at radius 1 is 1.21 bits per heavy atom. The molecule has 1 aliphatic heterocycles. The van der Waals surface area contributed by atoms with E-state index in [1.54, 1.807) is 0 Å². The van der Waals surface area contributed by atoms with Crippen LogP contribution in [0.5, 0.6) is 0 Å². The number of halogens is 3. The fourth-order valence-electron chi connectivity index (χ4n) is 3.32. The van der Waals surface area contributed by atoms with Gasteiger partial charge in [-0.3, -0.25) is 9.59 Å². The largest absolute Gasteiger partial charge is 0.416 e. The molecule has 0 radical (unpaired) electrons. The predicted octanol–water partition coefficient (Wildman–Crippen LogP) is 1.26. The van der Waals surface area contributed by atoms with Crippen LogP contribution < -0.4 is 10.9 Å². The summed E-state index contributed by atoms with van der Waals surface area (Å²) in [4.78, 5) is 25.8. The molecule has 0 unspecified atom stereocenters. The molecule has 33 heavy (non-hydrogen) atoms. The Bertz CT molecular complexity index is 1350. The number of nitrogens with one attached hydrogen (secondary N) is 1. The molecular weight excluding hydrogens is 485 g/mol. The fourth-order valence-corrected chi connectivity index (χ4v) is 5.56. The molecule has 174 valence electrons. The van der Waals surface area contributed by atoms with E-state index < -0.39 is 62.3 Å². The molecule has 2 N–H and O–H groups in total. The number of rotatable bonds is 4. The number of amides is 1. The summed E-state index contributed by atoms with van der Waals surface area (Å²) < 4.78 is 66.9. The predicted molar refractivity (Wildman–Crippen MR) is 112 cm³/mol. The number of aliphatic hydroxyl groups is 1. The number of carbonyl (C=O) groups excluding carboxylic acids is 1. The van der Waals surface area contributed by atoms with Crippen molar-refractivity contribution in [2.75, 3.05) is 11.5 Å². The van der Waals surface area contributed by atoms with E-state index in [4.69, 9.17) is 0 Å². The summed E-state index contributed by atoms with van der Waals surface area (Å²) in [5.74, 6) is -1.95. The molecule has 1 amide bonds. The SMILES string of the molecule is O=C(N[C@@H]1CS(=O)(=O)C[C@@H]1O)c1cc(-c2ccc(C(F)(F)F)cc2)nn(-c2cnsc2)c1=O. The third kappa shape index (κ3) is 4.82. The molecule has 0 saturated carbocycles. The third-order valence-corrected chi connectivity index (χ3v) is 7.26. The lowest BCUT2D eigenvalue weighted by atomic mass is 10.1. The normalized spacial score (nSPS) is 20.0. The number of benzene rings is 1. The highest BCUT2D eigenvalue weighted by molar-refractivity contribution is 7.91. The lowest BCUT2D eigenvalue weighted by Crippen LogP contribution is -2.44. The molecule has 3 aromatic rings. The molecule has 0 bridgehead atoms. The van der Waals surface area contributed by atoms with Crippen LogP contribution in [-0.4, -0.2) is 57.2 Å². The van der Waals surface area contributed by atoms with Crippen LogP contribution in [0.3, 0.4) is 0 Å². The average molecular weight is 500 g/mol. The van der Waals surface area contributed by atoms with Crippen LogP contribution in [0.15, 0.2) is 46.7 Å². The first kappa shape index (κ1) is 23.1. The zero-order valence-corrected chi connectivity index (χ0v) is 18.1. The van der Waals surface area contributed by atoms with Gasteiger partial charge in [0.25, 0.3) is 11.5 Å². The topological polar surface area (TPSA) is 131 Å². The van der Waals surface area contributed by atoms with E-state index in [-0.39, 0.29) is 16.9 Å². The quantitative estimate of drug-likeness (QED) is 0.552. The van der Waals surface area contributed by atoms with E-state index in [9.17, 15) is 36.3 Å². The Hall–Kier alpha value is -3.10. The lowest BCUT2D eigenvalue weighted by Gasteiger charge is -2.16. The van der Waals surface area contributed by atoms with E-state index in [1.807, 2.05) is 0 Å². The molecule has 3 heterocycles. The van der Waals surface area contributed by atoms with Gasteiger partial charge in [0.05, 0.1) is 46.8 Å². The Balaban J connectivity index is 1.76. The summed E-state index contributed by atoms with van der Waals surface area (Å²) in [6.45, 7) is 0. The van der Waals surface area contributed by atoms with E-state index >= 15 is 0 Å². The number of hydrogen-bond acceptors (Lipinski definition) is 8. The van der Waals surface area contributed by atoms with Crippen molar-refractivity contribution in [1.29, 1.82) is 0 Å². The molecule has 0 spiro atoms. The van der Waals surface area contributed by atoms with Crippen LogP contribution in [0.1, 0.15) is 15.9 Å². The minimum absolute atomic E-state index is 0.0271. The Morgan fingerprint density at radius 3 is 2.45 bits per heavy atom. The lowest BCUT2D eigenvalue weighted by molar-refractivity contribution is -0.137. The molecule has 0 aliphatic carbocycles. The number of aliphatic hydroxyl groups excluding tert-OH is 1. The van der Waals surface area contributed by atoms with E-state index in [0.29, 0.717) is 0 Å². The van der Waals surface area contributed by atoms with Gasteiger partial charge in [-0.1, -0.05) is 12.1 Å². The number of sulfone groups is 1. The van der Waals surface area contributed by atoms with Crippen molar-refractivity contribution in [3.8, 4) is 16.9 Å². The summed E-state index contributed by atoms with van der Waals surface area (Å²) in [5, 5.41) is 17.9. The van der Waals surface area contributed by atoms with E-state index in [1.165, 1.54) is 11.6 Å². The molecule has 4 rings (SSSR count). The fraction of sp³-hybridized carbons (Fsp3) is 0.263. The summed E-state index contributed by atoms with van der Waals surface area (Å²) in [6, 6.07) is 3.99. The maximum Gasteiger partial charge on any atom is 0.416 e. The molecule has 1 aromatic carbocycles. The molecule has 2 aromatic heterocycles. The highest BCUT2D eigenvalue weighted by Gasteiger charge is 2.38. The minimum atomic E-state index is -4.54. The van der Waals surface area contributed by atoms with Crippen LogP contribution in [-0.2, 0) is 16.0 Å².